The third-order valence-corrected chi connectivity index (χ3v) is 8.85. The highest BCUT2D eigenvalue weighted by Crippen LogP contribution is 2.39. The van der Waals surface area contributed by atoms with Crippen molar-refractivity contribution in [3.8, 4) is 6.01 Å². The Morgan fingerprint density at radius 1 is 1.13 bits per heavy atom. The molecule has 3 aliphatic rings. The Kier molecular flexibility index (Phi) is 7.36. The average Bonchev–Trinajstić information content (AvgIpc) is 3.39. The number of amides is 1. The maximum Gasteiger partial charge on any atom is 0.316 e. The standard InChI is InChI=1S/C32H38N4O3/c1-4-29(37)36-16-13-23(14-17-36)31-26-20-38-28(25-12-6-10-22-9-5-8-21(2)30(22)25)18-27(26)33-32(34-31)39-19-24-11-7-15-35(24)3/h4-6,8-10,12,23-24,28H,1,7,11,13-20H2,2-3H3. The van der Waals surface area contributed by atoms with Gasteiger partial charge in [0.05, 0.1) is 24.1 Å². The van der Waals surface area contributed by atoms with Gasteiger partial charge in [-0.3, -0.25) is 4.79 Å². The molecule has 1 aromatic heterocycles. The number of aryl methyl sites for hydroxylation is 1. The van der Waals surface area contributed by atoms with Gasteiger partial charge in [-0.05, 0) is 74.2 Å². The summed E-state index contributed by atoms with van der Waals surface area (Å²) in [4.78, 5) is 26.4. The van der Waals surface area contributed by atoms with Crippen LogP contribution in [0.3, 0.4) is 0 Å². The minimum atomic E-state index is -0.0778. The van der Waals surface area contributed by atoms with Gasteiger partial charge in [-0.2, -0.15) is 9.97 Å². The molecule has 0 bridgehead atoms. The van der Waals surface area contributed by atoms with Crippen LogP contribution < -0.4 is 4.74 Å². The number of fused-ring (bicyclic) bond motifs is 2. The van der Waals surface area contributed by atoms with Crippen molar-refractivity contribution in [1.82, 2.24) is 19.8 Å². The molecule has 0 spiro atoms. The molecule has 2 fully saturated rings. The van der Waals surface area contributed by atoms with Crippen LogP contribution in [-0.2, 0) is 22.6 Å². The SMILES string of the molecule is C=CC(=O)N1CCC(c2nc(OCC3CCCN3C)nc3c2COC(c2cccc4cccc(C)c24)C3)CC1. The number of ether oxygens (including phenoxy) is 2. The fourth-order valence-electron chi connectivity index (χ4n) is 6.57. The molecule has 2 saturated heterocycles. The summed E-state index contributed by atoms with van der Waals surface area (Å²) in [5.41, 5.74) is 5.63. The minimum Gasteiger partial charge on any atom is -0.462 e. The van der Waals surface area contributed by atoms with Gasteiger partial charge in [-0.1, -0.05) is 43.0 Å². The summed E-state index contributed by atoms with van der Waals surface area (Å²) in [5.74, 6) is 0.242. The lowest BCUT2D eigenvalue weighted by Gasteiger charge is -2.34. The summed E-state index contributed by atoms with van der Waals surface area (Å²) in [6.45, 7) is 9.41. The normalized spacial score (nSPS) is 22.2. The van der Waals surface area contributed by atoms with Crippen molar-refractivity contribution < 1.29 is 14.3 Å². The van der Waals surface area contributed by atoms with E-state index in [2.05, 4.69) is 61.8 Å². The number of likely N-dealkylation sites (tertiary alicyclic amines) is 2. The van der Waals surface area contributed by atoms with Crippen LogP contribution in [0.4, 0.5) is 0 Å². The third kappa shape index (κ3) is 5.18. The van der Waals surface area contributed by atoms with E-state index in [9.17, 15) is 4.79 Å². The topological polar surface area (TPSA) is 67.8 Å². The van der Waals surface area contributed by atoms with Crippen LogP contribution in [0.25, 0.3) is 10.8 Å². The van der Waals surface area contributed by atoms with Gasteiger partial charge in [-0.25, -0.2) is 0 Å². The fourth-order valence-corrected chi connectivity index (χ4v) is 6.57. The third-order valence-electron chi connectivity index (χ3n) is 8.85. The van der Waals surface area contributed by atoms with Gasteiger partial charge in [0.15, 0.2) is 0 Å². The van der Waals surface area contributed by atoms with Gasteiger partial charge < -0.3 is 19.3 Å². The van der Waals surface area contributed by atoms with Crippen LogP contribution in [0, 0.1) is 6.92 Å². The molecule has 0 radical (unpaired) electrons. The van der Waals surface area contributed by atoms with E-state index in [1.165, 1.54) is 34.4 Å². The number of carbonyl (C=O) groups is 1. The summed E-state index contributed by atoms with van der Waals surface area (Å²) >= 11 is 0. The number of hydrogen-bond donors (Lipinski definition) is 0. The van der Waals surface area contributed by atoms with Crippen LogP contribution in [0.1, 0.15) is 65.8 Å². The quantitative estimate of drug-likeness (QED) is 0.416. The number of nitrogens with zero attached hydrogens (tertiary/aromatic N) is 4. The summed E-state index contributed by atoms with van der Waals surface area (Å²) < 4.78 is 12.8. The predicted molar refractivity (Wildman–Crippen MR) is 152 cm³/mol. The maximum absolute atomic E-state index is 12.2. The minimum absolute atomic E-state index is 0.000529. The molecule has 0 aliphatic carbocycles. The molecule has 2 aromatic carbocycles. The van der Waals surface area contributed by atoms with E-state index < -0.39 is 0 Å². The molecule has 1 amide bonds. The van der Waals surface area contributed by atoms with Crippen LogP contribution in [0.15, 0.2) is 49.1 Å². The van der Waals surface area contributed by atoms with Gasteiger partial charge in [0.25, 0.3) is 0 Å². The molecule has 6 rings (SSSR count). The lowest BCUT2D eigenvalue weighted by molar-refractivity contribution is -0.127. The number of benzene rings is 2. The highest BCUT2D eigenvalue weighted by Gasteiger charge is 2.32. The van der Waals surface area contributed by atoms with Crippen molar-refractivity contribution in [1.29, 1.82) is 0 Å². The van der Waals surface area contributed by atoms with Gasteiger partial charge in [-0.15, -0.1) is 0 Å². The Hall–Kier alpha value is -3.29. The zero-order chi connectivity index (χ0) is 26.9. The zero-order valence-electron chi connectivity index (χ0n) is 23.1. The van der Waals surface area contributed by atoms with E-state index in [4.69, 9.17) is 19.4 Å². The number of aromatic nitrogens is 2. The number of piperidine rings is 1. The Morgan fingerprint density at radius 2 is 1.92 bits per heavy atom. The first kappa shape index (κ1) is 26.0. The maximum atomic E-state index is 12.2. The summed E-state index contributed by atoms with van der Waals surface area (Å²) in [5, 5.41) is 2.50. The highest BCUT2D eigenvalue weighted by molar-refractivity contribution is 5.89. The van der Waals surface area contributed by atoms with Crippen molar-refractivity contribution in [2.24, 2.45) is 0 Å². The summed E-state index contributed by atoms with van der Waals surface area (Å²) in [6.07, 6.45) is 6.07. The van der Waals surface area contributed by atoms with E-state index in [1.807, 2.05) is 4.90 Å². The van der Waals surface area contributed by atoms with E-state index in [1.54, 1.807) is 0 Å². The fraction of sp³-hybridized carbons (Fsp3) is 0.469. The lowest BCUT2D eigenvalue weighted by Crippen LogP contribution is -2.37. The van der Waals surface area contributed by atoms with Crippen LogP contribution in [0.5, 0.6) is 6.01 Å². The van der Waals surface area contributed by atoms with Gasteiger partial charge >= 0.3 is 6.01 Å². The number of rotatable bonds is 6. The largest absolute Gasteiger partial charge is 0.462 e. The summed E-state index contributed by atoms with van der Waals surface area (Å²) in [7, 11) is 2.16. The second-order valence-corrected chi connectivity index (χ2v) is 11.2. The molecule has 204 valence electrons. The second kappa shape index (κ2) is 11.1. The Labute approximate surface area is 230 Å². The molecule has 39 heavy (non-hydrogen) atoms. The van der Waals surface area contributed by atoms with Crippen molar-refractivity contribution in [2.45, 2.75) is 63.7 Å². The second-order valence-electron chi connectivity index (χ2n) is 11.2. The Morgan fingerprint density at radius 3 is 2.67 bits per heavy atom. The number of carbonyl (C=O) groups excluding carboxylic acids is 1. The molecular weight excluding hydrogens is 488 g/mol. The van der Waals surface area contributed by atoms with Crippen LogP contribution >= 0.6 is 0 Å². The van der Waals surface area contributed by atoms with E-state index in [0.717, 1.165) is 42.8 Å². The summed E-state index contributed by atoms with van der Waals surface area (Å²) in [6, 6.07) is 13.8. The molecule has 3 aliphatic heterocycles. The molecule has 0 N–H and O–H groups in total. The van der Waals surface area contributed by atoms with Crippen molar-refractivity contribution in [2.75, 3.05) is 33.3 Å². The van der Waals surface area contributed by atoms with E-state index in [-0.39, 0.29) is 17.9 Å². The predicted octanol–water partition coefficient (Wildman–Crippen LogP) is 5.12. The average molecular weight is 527 g/mol. The van der Waals surface area contributed by atoms with Gasteiger partial charge in [0, 0.05) is 37.0 Å². The number of hydrogen-bond acceptors (Lipinski definition) is 6. The first-order valence-corrected chi connectivity index (χ1v) is 14.3. The molecule has 4 heterocycles. The molecule has 0 saturated carbocycles. The Bertz CT molecular complexity index is 1380. The first-order valence-electron chi connectivity index (χ1n) is 14.3. The first-order chi connectivity index (χ1) is 19.0. The van der Waals surface area contributed by atoms with Gasteiger partial charge in [0.2, 0.25) is 5.91 Å². The van der Waals surface area contributed by atoms with Crippen molar-refractivity contribution in [3.63, 3.8) is 0 Å². The monoisotopic (exact) mass is 526 g/mol. The number of likely N-dealkylation sites (N-methyl/N-ethyl adjacent to an activating group) is 1. The smallest absolute Gasteiger partial charge is 0.316 e. The lowest BCUT2D eigenvalue weighted by atomic mass is 9.87. The van der Waals surface area contributed by atoms with E-state index in [0.29, 0.717) is 44.8 Å². The van der Waals surface area contributed by atoms with Crippen molar-refractivity contribution in [3.05, 3.63) is 77.1 Å². The molecule has 2 atom stereocenters. The van der Waals surface area contributed by atoms with Gasteiger partial charge in [0.1, 0.15) is 6.61 Å². The molecule has 3 aromatic rings. The molecule has 2 unspecified atom stereocenters. The van der Waals surface area contributed by atoms with E-state index >= 15 is 0 Å². The van der Waals surface area contributed by atoms with Crippen LogP contribution in [-0.4, -0.2) is 65.0 Å². The van der Waals surface area contributed by atoms with Crippen LogP contribution in [0.2, 0.25) is 0 Å². The highest BCUT2D eigenvalue weighted by atomic mass is 16.5. The molecular formula is C32H38N4O3. The molecule has 7 nitrogen and oxygen atoms in total. The zero-order valence-corrected chi connectivity index (χ0v) is 23.1. The van der Waals surface area contributed by atoms with Crippen molar-refractivity contribution >= 4 is 16.7 Å². The molecule has 7 heteroatoms. The Balaban J connectivity index is 1.31.